The van der Waals surface area contributed by atoms with Crippen molar-refractivity contribution in [3.8, 4) is 0 Å². The van der Waals surface area contributed by atoms with Gasteiger partial charge in [0.2, 0.25) is 5.91 Å². The molecule has 7 nitrogen and oxygen atoms in total. The Morgan fingerprint density at radius 2 is 1.88 bits per heavy atom. The monoisotopic (exact) mass is 333 g/mol. The molecule has 0 unspecified atom stereocenters. The third-order valence-corrected chi connectivity index (χ3v) is 3.30. The molecule has 8 heteroatoms. The molecule has 0 radical (unpaired) electrons. The van der Waals surface area contributed by atoms with Crippen LogP contribution in [0.5, 0.6) is 0 Å². The largest absolute Gasteiger partial charge is 0.386 e. The van der Waals surface area contributed by atoms with Crippen LogP contribution in [-0.4, -0.2) is 29.0 Å². The first-order chi connectivity index (χ1) is 11.5. The summed E-state index contributed by atoms with van der Waals surface area (Å²) in [4.78, 5) is 22.1. The number of hydrogen-bond donors (Lipinski definition) is 3. The highest BCUT2D eigenvalue weighted by atomic mass is 19.1. The lowest BCUT2D eigenvalue weighted by Gasteiger charge is -2.13. The van der Waals surface area contributed by atoms with Gasteiger partial charge >= 0.3 is 0 Å². The summed E-state index contributed by atoms with van der Waals surface area (Å²) < 4.78 is 13.5. The number of nitrogens with one attached hydrogen (secondary N) is 2. The predicted molar refractivity (Wildman–Crippen MR) is 86.0 cm³/mol. The first kappa shape index (κ1) is 17.4. The van der Waals surface area contributed by atoms with Crippen molar-refractivity contribution in [2.45, 2.75) is 6.10 Å². The SMILES string of the molecule is O=C(CNc1ccccc1[N+](=O)[O-])NC[C@@H](O)c1ccccc1F. The van der Waals surface area contributed by atoms with E-state index in [4.69, 9.17) is 0 Å². The summed E-state index contributed by atoms with van der Waals surface area (Å²) in [6, 6.07) is 11.7. The van der Waals surface area contributed by atoms with Gasteiger partial charge < -0.3 is 15.7 Å². The quantitative estimate of drug-likeness (QED) is 0.531. The number of anilines is 1. The van der Waals surface area contributed by atoms with Crippen LogP contribution in [0.15, 0.2) is 48.5 Å². The van der Waals surface area contributed by atoms with Gasteiger partial charge in [-0.15, -0.1) is 0 Å². The van der Waals surface area contributed by atoms with Crippen LogP contribution in [0.1, 0.15) is 11.7 Å². The number of carbonyl (C=O) groups excluding carboxylic acids is 1. The molecule has 0 aliphatic heterocycles. The molecule has 2 rings (SSSR count). The number of nitrogens with zero attached hydrogens (tertiary/aromatic N) is 1. The van der Waals surface area contributed by atoms with Gasteiger partial charge in [0.1, 0.15) is 11.5 Å². The molecule has 1 amide bonds. The summed E-state index contributed by atoms with van der Waals surface area (Å²) in [6.45, 7) is -0.382. The average molecular weight is 333 g/mol. The topological polar surface area (TPSA) is 104 Å². The van der Waals surface area contributed by atoms with Crippen molar-refractivity contribution < 1.29 is 19.2 Å². The Hall–Kier alpha value is -3.00. The summed E-state index contributed by atoms with van der Waals surface area (Å²) in [7, 11) is 0. The van der Waals surface area contributed by atoms with Crippen molar-refractivity contribution in [3.63, 3.8) is 0 Å². The summed E-state index contributed by atoms with van der Waals surface area (Å²) in [5, 5.41) is 25.9. The Morgan fingerprint density at radius 1 is 1.21 bits per heavy atom. The molecule has 0 spiro atoms. The van der Waals surface area contributed by atoms with E-state index >= 15 is 0 Å². The van der Waals surface area contributed by atoms with Crippen molar-refractivity contribution in [1.29, 1.82) is 0 Å². The van der Waals surface area contributed by atoms with Gasteiger partial charge in [-0.25, -0.2) is 4.39 Å². The molecule has 0 bridgehead atoms. The standard InChI is InChI=1S/C16H16FN3O4/c17-12-6-2-1-5-11(12)15(21)9-19-16(22)10-18-13-7-3-4-8-14(13)20(23)24/h1-8,15,18,21H,9-10H2,(H,19,22)/t15-/m1/s1. The number of nitro groups is 1. The van der Waals surface area contributed by atoms with E-state index in [9.17, 15) is 24.4 Å². The lowest BCUT2D eigenvalue weighted by Crippen LogP contribution is -2.33. The van der Waals surface area contributed by atoms with Crippen LogP contribution in [0.4, 0.5) is 15.8 Å². The molecular formula is C16H16FN3O4. The van der Waals surface area contributed by atoms with Gasteiger partial charge in [-0.1, -0.05) is 30.3 Å². The minimum absolute atomic E-state index is 0.0875. The fourth-order valence-corrected chi connectivity index (χ4v) is 2.09. The summed E-state index contributed by atoms with van der Waals surface area (Å²) >= 11 is 0. The second-order valence-corrected chi connectivity index (χ2v) is 4.97. The van der Waals surface area contributed by atoms with Gasteiger partial charge in [-0.05, 0) is 12.1 Å². The van der Waals surface area contributed by atoms with Crippen molar-refractivity contribution in [2.24, 2.45) is 0 Å². The zero-order valence-corrected chi connectivity index (χ0v) is 12.6. The predicted octanol–water partition coefficient (Wildman–Crippen LogP) is 2.00. The molecule has 2 aromatic carbocycles. The van der Waals surface area contributed by atoms with Gasteiger partial charge in [0.05, 0.1) is 17.6 Å². The van der Waals surface area contributed by atoms with Crippen LogP contribution in [0.25, 0.3) is 0 Å². The summed E-state index contributed by atoms with van der Waals surface area (Å²) in [6.07, 6.45) is -1.18. The van der Waals surface area contributed by atoms with E-state index < -0.39 is 22.8 Å². The maximum absolute atomic E-state index is 13.5. The highest BCUT2D eigenvalue weighted by molar-refractivity contribution is 5.81. The number of carbonyl (C=O) groups is 1. The van der Waals surface area contributed by atoms with Gasteiger partial charge in [-0.2, -0.15) is 0 Å². The number of nitro benzene ring substituents is 1. The minimum atomic E-state index is -1.18. The third kappa shape index (κ3) is 4.50. The summed E-state index contributed by atoms with van der Waals surface area (Å²) in [5.74, 6) is -1.04. The maximum Gasteiger partial charge on any atom is 0.292 e. The van der Waals surface area contributed by atoms with Crippen LogP contribution >= 0.6 is 0 Å². The van der Waals surface area contributed by atoms with E-state index in [1.54, 1.807) is 12.1 Å². The van der Waals surface area contributed by atoms with Crippen molar-refractivity contribution in [1.82, 2.24) is 5.32 Å². The van der Waals surface area contributed by atoms with E-state index in [1.165, 1.54) is 36.4 Å². The highest BCUT2D eigenvalue weighted by Gasteiger charge is 2.15. The Labute approximate surface area is 137 Å². The fraction of sp³-hybridized carbons (Fsp3) is 0.188. The molecule has 0 heterocycles. The van der Waals surface area contributed by atoms with E-state index in [-0.39, 0.29) is 30.0 Å². The molecule has 24 heavy (non-hydrogen) atoms. The first-order valence-corrected chi connectivity index (χ1v) is 7.15. The molecule has 0 fully saturated rings. The second-order valence-electron chi connectivity index (χ2n) is 4.97. The van der Waals surface area contributed by atoms with Crippen molar-refractivity contribution in [2.75, 3.05) is 18.4 Å². The molecule has 0 aliphatic rings. The van der Waals surface area contributed by atoms with Gasteiger partial charge in [-0.3, -0.25) is 14.9 Å². The van der Waals surface area contributed by atoms with Gasteiger partial charge in [0, 0.05) is 18.2 Å². The molecule has 126 valence electrons. The molecule has 0 saturated heterocycles. The van der Waals surface area contributed by atoms with Crippen LogP contribution < -0.4 is 10.6 Å². The van der Waals surface area contributed by atoms with Crippen LogP contribution in [0, 0.1) is 15.9 Å². The van der Waals surface area contributed by atoms with Gasteiger partial charge in [0.15, 0.2) is 0 Å². The van der Waals surface area contributed by atoms with Crippen LogP contribution in [0.2, 0.25) is 0 Å². The number of hydrogen-bond acceptors (Lipinski definition) is 5. The molecule has 0 saturated carbocycles. The molecule has 0 aromatic heterocycles. The number of aliphatic hydroxyl groups is 1. The molecule has 1 atom stereocenters. The summed E-state index contributed by atoms with van der Waals surface area (Å²) in [5.41, 5.74) is 0.161. The highest BCUT2D eigenvalue weighted by Crippen LogP contribution is 2.22. The minimum Gasteiger partial charge on any atom is -0.386 e. The molecular weight excluding hydrogens is 317 g/mol. The van der Waals surface area contributed by atoms with E-state index in [2.05, 4.69) is 10.6 Å². The lowest BCUT2D eigenvalue weighted by atomic mass is 10.1. The smallest absolute Gasteiger partial charge is 0.292 e. The number of aliphatic hydroxyl groups excluding tert-OH is 1. The Bertz CT molecular complexity index is 739. The Morgan fingerprint density at radius 3 is 2.58 bits per heavy atom. The number of benzene rings is 2. The van der Waals surface area contributed by atoms with Crippen LogP contribution in [0.3, 0.4) is 0 Å². The number of halogens is 1. The van der Waals surface area contributed by atoms with E-state index in [1.807, 2.05) is 0 Å². The van der Waals surface area contributed by atoms with E-state index in [0.717, 1.165) is 0 Å². The maximum atomic E-state index is 13.5. The molecule has 3 N–H and O–H groups in total. The lowest BCUT2D eigenvalue weighted by molar-refractivity contribution is -0.383. The Kier molecular flexibility index (Phi) is 5.80. The molecule has 0 aliphatic carbocycles. The van der Waals surface area contributed by atoms with Crippen molar-refractivity contribution in [3.05, 3.63) is 70.0 Å². The fourth-order valence-electron chi connectivity index (χ4n) is 2.09. The zero-order valence-electron chi connectivity index (χ0n) is 12.6. The zero-order chi connectivity index (χ0) is 17.5. The number of para-hydroxylation sites is 2. The first-order valence-electron chi connectivity index (χ1n) is 7.15. The van der Waals surface area contributed by atoms with E-state index in [0.29, 0.717) is 0 Å². The Balaban J connectivity index is 1.86. The van der Waals surface area contributed by atoms with Crippen LogP contribution in [-0.2, 0) is 4.79 Å². The normalized spacial score (nSPS) is 11.6. The average Bonchev–Trinajstić information content (AvgIpc) is 2.58. The number of amides is 1. The van der Waals surface area contributed by atoms with Gasteiger partial charge in [0.25, 0.3) is 5.69 Å². The number of rotatable bonds is 7. The second kappa shape index (κ2) is 8.02. The third-order valence-electron chi connectivity index (χ3n) is 3.30. The van der Waals surface area contributed by atoms with Crippen molar-refractivity contribution >= 4 is 17.3 Å². The molecule has 2 aromatic rings.